The van der Waals surface area contributed by atoms with Crippen LogP contribution in [0.1, 0.15) is 146 Å². The van der Waals surface area contributed by atoms with Crippen LogP contribution in [0, 0.1) is 0 Å². The van der Waals surface area contributed by atoms with Crippen LogP contribution in [0.2, 0.25) is 0 Å². The minimum Gasteiger partial charge on any atom is -0.491 e. The summed E-state index contributed by atoms with van der Waals surface area (Å²) in [6.07, 6.45) is 9.29. The van der Waals surface area contributed by atoms with Gasteiger partial charge in [-0.1, -0.05) is 133 Å². The van der Waals surface area contributed by atoms with Gasteiger partial charge in [-0.15, -0.1) is 0 Å². The first-order chi connectivity index (χ1) is 65.6. The van der Waals surface area contributed by atoms with E-state index in [1.807, 2.05) is 0 Å². The van der Waals surface area contributed by atoms with Crippen LogP contribution in [0.4, 0.5) is 0 Å². The first kappa shape index (κ1) is 84.9. The summed E-state index contributed by atoms with van der Waals surface area (Å²) in [5.74, 6) is 8.23. The number of hydrogen-bond donors (Lipinski definition) is 0. The molecular formula is C112H112O21. The Morgan fingerprint density at radius 1 is 0.195 bits per heavy atom. The molecule has 13 aliphatic rings. The van der Waals surface area contributed by atoms with Crippen LogP contribution in [-0.2, 0) is 136 Å². The zero-order chi connectivity index (χ0) is 88.1. The van der Waals surface area contributed by atoms with Gasteiger partial charge in [0.15, 0.2) is 0 Å². The standard InChI is InChI=1S/C112H112O21/c1-10-91(113-47-94-49-116-94)11-2-67(1)21-74-38-88-44-84-30-73(9-20-109(84)130-63-100-55-122-100)32-86-42-77(41-85(110(86)131-64-101-56-123-101)22-68-3-12-92(13-4-68)114-48-95-50-117-95)37-82-28-71(7-18-107(82)128-61-98-53-120-98)27-81-26-70(6-17-106(81)127-60-97-52-119-97)25-80-24-69(5-16-105(80)126-59-96-51-118-96)23-78-33-75-34-79(104(78)15-14-93-46-115-93)35-76-40-87(31-72-8-19-108(83(29-72)36-75)129-62-99-54-121-99)111(132-65-102-57-124-102)90(43-76)45-89(39-74)112(88)133-66-103-58-125-103/h1-13,16-20,24,26,28-30,33-34,38-43,93-103H,14-15,21-23,25,27,31-32,35-37,44-66H2. The van der Waals surface area contributed by atoms with Gasteiger partial charge < -0.3 is 99.5 Å². The topological polar surface area (TPSA) is 230 Å². The van der Waals surface area contributed by atoms with Crippen LogP contribution >= 0.6 is 0 Å². The zero-order valence-electron chi connectivity index (χ0n) is 75.1. The van der Waals surface area contributed by atoms with Crippen molar-refractivity contribution in [2.45, 2.75) is 157 Å². The maximum atomic E-state index is 7.47. The summed E-state index contributed by atoms with van der Waals surface area (Å²) in [7, 11) is 0. The Bertz CT molecular complexity index is 6060. The Kier molecular flexibility index (Phi) is 24.3. The molecule has 24 rings (SSSR count). The fraction of sp³-hybridized carbons (Fsp3) is 0.411. The number of hydrogen-bond acceptors (Lipinski definition) is 21. The van der Waals surface area contributed by atoms with Gasteiger partial charge in [-0.3, -0.25) is 0 Å². The third-order valence-electron chi connectivity index (χ3n) is 27.0. The number of benzene rings is 11. The highest BCUT2D eigenvalue weighted by Gasteiger charge is 2.36. The van der Waals surface area contributed by atoms with Crippen molar-refractivity contribution in [1.82, 2.24) is 0 Å². The normalized spacial score (nSPS) is 23.2. The highest BCUT2D eigenvalue weighted by molar-refractivity contribution is 5.60. The van der Waals surface area contributed by atoms with Gasteiger partial charge in [0, 0.05) is 57.8 Å². The van der Waals surface area contributed by atoms with Gasteiger partial charge >= 0.3 is 0 Å². The molecule has 2 aliphatic carbocycles. The summed E-state index contributed by atoms with van der Waals surface area (Å²) in [5, 5.41) is 0. The lowest BCUT2D eigenvalue weighted by Gasteiger charge is -2.24. The van der Waals surface area contributed by atoms with Crippen molar-refractivity contribution < 1.29 is 99.5 Å². The van der Waals surface area contributed by atoms with Crippen LogP contribution in [0.5, 0.6) is 57.5 Å². The predicted octanol–water partition coefficient (Wildman–Crippen LogP) is 15.5. The summed E-state index contributed by atoms with van der Waals surface area (Å²) < 4.78 is 133. The van der Waals surface area contributed by atoms with Gasteiger partial charge in [-0.05, 0) is 226 Å². The number of rotatable bonds is 37. The van der Waals surface area contributed by atoms with Crippen LogP contribution in [0.15, 0.2) is 188 Å². The molecule has 0 N–H and O–H groups in total. The second-order valence-corrected chi connectivity index (χ2v) is 38.4. The van der Waals surface area contributed by atoms with Crippen LogP contribution in [0.25, 0.3) is 0 Å². The fourth-order valence-electron chi connectivity index (χ4n) is 18.9. The Balaban J connectivity index is 0.693. The third-order valence-corrected chi connectivity index (χ3v) is 27.0. The minimum atomic E-state index is -0.0591. The summed E-state index contributed by atoms with van der Waals surface area (Å²) in [4.78, 5) is 0. The van der Waals surface area contributed by atoms with Crippen molar-refractivity contribution in [1.29, 1.82) is 0 Å². The molecular weight excluding hydrogens is 1680 g/mol. The number of fused-ring (bicyclic) bond motifs is 18. The van der Waals surface area contributed by atoms with E-state index in [2.05, 4.69) is 188 Å². The largest absolute Gasteiger partial charge is 0.491 e. The van der Waals surface area contributed by atoms with Crippen molar-refractivity contribution in [2.75, 3.05) is 139 Å². The molecule has 11 aliphatic heterocycles. The third kappa shape index (κ3) is 22.8. The minimum absolute atomic E-state index is 0.00536. The van der Waals surface area contributed by atoms with Crippen molar-refractivity contribution in [3.63, 3.8) is 0 Å². The van der Waals surface area contributed by atoms with Gasteiger partial charge in [0.2, 0.25) is 0 Å². The molecule has 11 unspecified atom stereocenters. The lowest BCUT2D eigenvalue weighted by atomic mass is 9.84. The highest BCUT2D eigenvalue weighted by atomic mass is 16.6. The van der Waals surface area contributed by atoms with Gasteiger partial charge in [0.1, 0.15) is 185 Å². The van der Waals surface area contributed by atoms with Crippen molar-refractivity contribution in [3.8, 4) is 57.5 Å². The van der Waals surface area contributed by atoms with E-state index in [1.54, 1.807) is 0 Å². The lowest BCUT2D eigenvalue weighted by molar-refractivity contribution is 0.256. The van der Waals surface area contributed by atoms with E-state index in [1.165, 1.54) is 33.4 Å². The Morgan fingerprint density at radius 2 is 0.444 bits per heavy atom. The zero-order valence-corrected chi connectivity index (χ0v) is 75.1. The second kappa shape index (κ2) is 38.0. The fourth-order valence-corrected chi connectivity index (χ4v) is 18.9. The average Bonchev–Trinajstić information content (AvgIpc) is 1.60. The van der Waals surface area contributed by atoms with Crippen LogP contribution in [-0.4, -0.2) is 206 Å². The van der Waals surface area contributed by atoms with Gasteiger partial charge in [-0.2, -0.15) is 0 Å². The maximum Gasteiger partial charge on any atom is 0.126 e. The van der Waals surface area contributed by atoms with Gasteiger partial charge in [-0.25, -0.2) is 0 Å². The average molecular weight is 1790 g/mol. The first-order valence-corrected chi connectivity index (χ1v) is 48.0. The molecule has 133 heavy (non-hydrogen) atoms. The van der Waals surface area contributed by atoms with Crippen LogP contribution < -0.4 is 47.4 Å². The molecule has 11 fully saturated rings. The summed E-state index contributed by atoms with van der Waals surface area (Å²) in [6.45, 7) is 11.9. The van der Waals surface area contributed by atoms with Crippen molar-refractivity contribution >= 4 is 0 Å². The van der Waals surface area contributed by atoms with E-state index in [0.29, 0.717) is 196 Å². The second-order valence-electron chi connectivity index (χ2n) is 38.4. The quantitative estimate of drug-likeness (QED) is 0.0329. The monoisotopic (exact) mass is 1790 g/mol. The molecule has 20 bridgehead atoms. The smallest absolute Gasteiger partial charge is 0.126 e. The molecule has 11 atom stereocenters. The summed E-state index contributed by atoms with van der Waals surface area (Å²) in [6, 6.07) is 70.2. The summed E-state index contributed by atoms with van der Waals surface area (Å²) in [5.41, 5.74) is 28.2. The van der Waals surface area contributed by atoms with Gasteiger partial charge in [0.25, 0.3) is 0 Å². The Hall–Kier alpha value is -11.0. The molecule has 0 amide bonds. The van der Waals surface area contributed by atoms with Crippen molar-refractivity contribution in [3.05, 3.63) is 327 Å². The van der Waals surface area contributed by atoms with E-state index in [4.69, 9.17) is 99.5 Å². The molecule has 11 saturated heterocycles. The molecule has 21 nitrogen and oxygen atoms in total. The van der Waals surface area contributed by atoms with Gasteiger partial charge in [0.05, 0.1) is 78.8 Å². The first-order valence-electron chi connectivity index (χ1n) is 48.0. The van der Waals surface area contributed by atoms with E-state index in [-0.39, 0.29) is 67.1 Å². The number of ether oxygens (including phenoxy) is 21. The van der Waals surface area contributed by atoms with Crippen LogP contribution in [0.3, 0.4) is 0 Å². The molecule has 21 heteroatoms. The molecule has 686 valence electrons. The summed E-state index contributed by atoms with van der Waals surface area (Å²) >= 11 is 0. The van der Waals surface area contributed by atoms with E-state index in [0.717, 1.165) is 196 Å². The lowest BCUT2D eigenvalue weighted by Crippen LogP contribution is -2.13. The SMILES string of the molecule is c1cc(OCC2CO2)ccc1Cc1cc2c(OCC3CO3)c(c1)Cc1cc3cc(c1OCC1CO1)Cc1ccc(OCC4CO4)c(c1)Cc1cc(c(CCC4CO4)c(c1)C3)Cc1ccc(OCC3CO3)c(c1)Cc1ccc(OCC3CO3)c(c1)Cc1ccc(OCC3CO3)c(c1)Cc1cc(Cc3ccc(OCC4CO4)cc3)c(OCC3CO3)c(c1)Cc1ccc(OCC3CO3)c(c1)C2. The predicted molar refractivity (Wildman–Crippen MR) is 495 cm³/mol. The molecule has 0 aromatic heterocycles. The molecule has 11 aromatic rings. The Morgan fingerprint density at radius 3 is 0.805 bits per heavy atom. The molecule has 0 radical (unpaired) electrons. The molecule has 11 aromatic carbocycles. The maximum absolute atomic E-state index is 7.47. The molecule has 11 heterocycles. The van der Waals surface area contributed by atoms with E-state index in [9.17, 15) is 0 Å². The van der Waals surface area contributed by atoms with Crippen molar-refractivity contribution in [2.24, 2.45) is 0 Å². The highest BCUT2D eigenvalue weighted by Crippen LogP contribution is 2.44. The molecule has 0 saturated carbocycles. The molecule has 0 spiro atoms. The number of epoxide rings is 11. The van der Waals surface area contributed by atoms with E-state index < -0.39 is 0 Å². The Labute approximate surface area is 775 Å². The van der Waals surface area contributed by atoms with E-state index >= 15 is 0 Å².